The van der Waals surface area contributed by atoms with E-state index in [2.05, 4.69) is 53.6 Å². The summed E-state index contributed by atoms with van der Waals surface area (Å²) in [6.07, 6.45) is 0.576. The molecule has 0 radical (unpaired) electrons. The molecule has 1 aromatic carbocycles. The number of carbonyl (C=O) groups is 1. The number of hydrogen-bond acceptors (Lipinski definition) is 4. The molecule has 1 fully saturated rings. The van der Waals surface area contributed by atoms with E-state index in [9.17, 15) is 4.79 Å². The maximum absolute atomic E-state index is 12.1. The normalized spacial score (nSPS) is 16.7. The minimum absolute atomic E-state index is 0. The van der Waals surface area contributed by atoms with Gasteiger partial charge >= 0.3 is 0 Å². The van der Waals surface area contributed by atoms with Gasteiger partial charge in [-0.05, 0) is 24.2 Å². The van der Waals surface area contributed by atoms with Gasteiger partial charge in [0.2, 0.25) is 5.91 Å². The number of hydrogen-bond donors (Lipinski definition) is 2. The van der Waals surface area contributed by atoms with Crippen LogP contribution in [0.25, 0.3) is 0 Å². The summed E-state index contributed by atoms with van der Waals surface area (Å²) in [6.45, 7) is 9.09. The lowest BCUT2D eigenvalue weighted by atomic mass is 10.1. The van der Waals surface area contributed by atoms with E-state index in [1.165, 1.54) is 11.1 Å². The summed E-state index contributed by atoms with van der Waals surface area (Å²) >= 11 is 1.92. The molecular weight excluding hydrogens is 377 g/mol. The molecule has 2 rings (SSSR count). The van der Waals surface area contributed by atoms with Crippen LogP contribution < -0.4 is 10.6 Å². The number of benzene rings is 1. The number of halogens is 2. The second-order valence-electron chi connectivity index (χ2n) is 5.99. The van der Waals surface area contributed by atoms with Crippen molar-refractivity contribution in [3.63, 3.8) is 0 Å². The van der Waals surface area contributed by atoms with Crippen LogP contribution in [0.1, 0.15) is 31.4 Å². The molecule has 144 valence electrons. The van der Waals surface area contributed by atoms with Gasteiger partial charge in [0.1, 0.15) is 0 Å². The highest BCUT2D eigenvalue weighted by molar-refractivity contribution is 7.99. The van der Waals surface area contributed by atoms with Crippen LogP contribution in [0.5, 0.6) is 0 Å². The third-order valence-corrected chi connectivity index (χ3v) is 5.34. The minimum atomic E-state index is 0. The van der Waals surface area contributed by atoms with Crippen LogP contribution in [0.15, 0.2) is 24.3 Å². The van der Waals surface area contributed by atoms with Crippen molar-refractivity contribution >= 4 is 42.5 Å². The summed E-state index contributed by atoms with van der Waals surface area (Å²) in [6, 6.07) is 8.85. The summed E-state index contributed by atoms with van der Waals surface area (Å²) in [7, 11) is 0. The van der Waals surface area contributed by atoms with Gasteiger partial charge in [-0.25, -0.2) is 0 Å². The molecule has 1 saturated heterocycles. The molecule has 0 aromatic heterocycles. The van der Waals surface area contributed by atoms with Gasteiger partial charge in [0.25, 0.3) is 0 Å². The smallest absolute Gasteiger partial charge is 0.221 e. The third kappa shape index (κ3) is 9.15. The van der Waals surface area contributed by atoms with Gasteiger partial charge in [0.05, 0.1) is 0 Å². The molecule has 1 unspecified atom stereocenters. The molecule has 1 atom stereocenters. The van der Waals surface area contributed by atoms with Crippen LogP contribution in [0, 0.1) is 0 Å². The lowest BCUT2D eigenvalue weighted by molar-refractivity contribution is -0.121. The molecule has 1 aromatic rings. The van der Waals surface area contributed by atoms with Gasteiger partial charge in [0, 0.05) is 43.6 Å². The maximum atomic E-state index is 12.1. The van der Waals surface area contributed by atoms with E-state index in [1.807, 2.05) is 11.8 Å². The second-order valence-corrected chi connectivity index (χ2v) is 7.14. The van der Waals surface area contributed by atoms with E-state index in [-0.39, 0.29) is 30.7 Å². The standard InChI is InChI=1S/C18H29N3OS.2ClH/c1-3-21(4-2)13-16-7-5-6-15(10-16)12-20-18(22)11-17-14-23-9-8-19-17;;/h5-7,10,17,19H,3-4,8-9,11-14H2,1-2H3,(H,20,22);2*1H. The fraction of sp³-hybridized carbons (Fsp3) is 0.611. The Balaban J connectivity index is 0.00000288. The van der Waals surface area contributed by atoms with Gasteiger partial charge in [-0.1, -0.05) is 38.1 Å². The zero-order valence-electron chi connectivity index (χ0n) is 15.1. The van der Waals surface area contributed by atoms with Gasteiger partial charge in [-0.15, -0.1) is 24.8 Å². The van der Waals surface area contributed by atoms with Crippen LogP contribution in [0.3, 0.4) is 0 Å². The maximum Gasteiger partial charge on any atom is 0.221 e. The molecular formula is C18H31Cl2N3OS. The van der Waals surface area contributed by atoms with Gasteiger partial charge in [0.15, 0.2) is 0 Å². The molecule has 0 aliphatic carbocycles. The van der Waals surface area contributed by atoms with E-state index in [0.717, 1.165) is 37.7 Å². The largest absolute Gasteiger partial charge is 0.352 e. The number of amides is 1. The number of nitrogens with one attached hydrogen (secondary N) is 2. The van der Waals surface area contributed by atoms with Crippen molar-refractivity contribution in [2.45, 2.75) is 39.4 Å². The van der Waals surface area contributed by atoms with Crippen LogP contribution in [0.2, 0.25) is 0 Å². The molecule has 0 bridgehead atoms. The Hall–Kier alpha value is -0.460. The topological polar surface area (TPSA) is 44.4 Å². The zero-order chi connectivity index (χ0) is 16.5. The van der Waals surface area contributed by atoms with E-state index in [0.29, 0.717) is 19.0 Å². The van der Waals surface area contributed by atoms with E-state index in [4.69, 9.17) is 0 Å². The summed E-state index contributed by atoms with van der Waals surface area (Å²) in [4.78, 5) is 14.5. The quantitative estimate of drug-likeness (QED) is 0.694. The first-order chi connectivity index (χ1) is 11.2. The first-order valence-electron chi connectivity index (χ1n) is 8.59. The Morgan fingerprint density at radius 2 is 2.00 bits per heavy atom. The van der Waals surface area contributed by atoms with Crippen LogP contribution >= 0.6 is 36.6 Å². The lowest BCUT2D eigenvalue weighted by Crippen LogP contribution is -2.41. The summed E-state index contributed by atoms with van der Waals surface area (Å²) in [5, 5.41) is 6.46. The van der Waals surface area contributed by atoms with Crippen LogP contribution in [-0.4, -0.2) is 48.0 Å². The summed E-state index contributed by atoms with van der Waals surface area (Å²) in [5.74, 6) is 2.32. The molecule has 7 heteroatoms. The molecule has 0 spiro atoms. The van der Waals surface area contributed by atoms with Gasteiger partial charge in [-0.2, -0.15) is 11.8 Å². The van der Waals surface area contributed by atoms with E-state index in [1.54, 1.807) is 0 Å². The van der Waals surface area contributed by atoms with Crippen molar-refractivity contribution in [2.24, 2.45) is 0 Å². The summed E-state index contributed by atoms with van der Waals surface area (Å²) in [5.41, 5.74) is 2.49. The van der Waals surface area contributed by atoms with Crippen molar-refractivity contribution in [1.82, 2.24) is 15.5 Å². The molecule has 0 saturated carbocycles. The fourth-order valence-corrected chi connectivity index (χ4v) is 3.74. The van der Waals surface area contributed by atoms with Crippen molar-refractivity contribution in [3.05, 3.63) is 35.4 Å². The Kier molecular flexibility index (Phi) is 13.5. The Labute approximate surface area is 168 Å². The highest BCUT2D eigenvalue weighted by Crippen LogP contribution is 2.11. The SMILES string of the molecule is CCN(CC)Cc1cccc(CNC(=O)CC2CSCCN2)c1.Cl.Cl. The van der Waals surface area contributed by atoms with Gasteiger partial charge in [-0.3, -0.25) is 9.69 Å². The molecule has 1 heterocycles. The van der Waals surface area contributed by atoms with E-state index >= 15 is 0 Å². The molecule has 4 nitrogen and oxygen atoms in total. The minimum Gasteiger partial charge on any atom is -0.352 e. The molecule has 1 aliphatic rings. The average molecular weight is 408 g/mol. The number of rotatable bonds is 8. The number of nitrogens with zero attached hydrogens (tertiary/aromatic N) is 1. The monoisotopic (exact) mass is 407 g/mol. The predicted octanol–water partition coefficient (Wildman–Crippen LogP) is 3.08. The second kappa shape index (κ2) is 13.7. The van der Waals surface area contributed by atoms with Crippen LogP contribution in [-0.2, 0) is 17.9 Å². The fourth-order valence-electron chi connectivity index (χ4n) is 2.79. The molecule has 1 aliphatic heterocycles. The Bertz CT molecular complexity index is 495. The van der Waals surface area contributed by atoms with Gasteiger partial charge < -0.3 is 10.6 Å². The lowest BCUT2D eigenvalue weighted by Gasteiger charge is -2.22. The molecule has 1 amide bonds. The third-order valence-electron chi connectivity index (χ3n) is 4.21. The number of carbonyl (C=O) groups excluding carboxylic acids is 1. The van der Waals surface area contributed by atoms with E-state index < -0.39 is 0 Å². The Morgan fingerprint density at radius 3 is 2.64 bits per heavy atom. The van der Waals surface area contributed by atoms with Crippen molar-refractivity contribution in [1.29, 1.82) is 0 Å². The summed E-state index contributed by atoms with van der Waals surface area (Å²) < 4.78 is 0. The predicted molar refractivity (Wildman–Crippen MR) is 113 cm³/mol. The van der Waals surface area contributed by atoms with Crippen LogP contribution in [0.4, 0.5) is 0 Å². The van der Waals surface area contributed by atoms with Crippen molar-refractivity contribution < 1.29 is 4.79 Å². The first-order valence-corrected chi connectivity index (χ1v) is 9.74. The number of thioether (sulfide) groups is 1. The zero-order valence-corrected chi connectivity index (χ0v) is 17.6. The van der Waals surface area contributed by atoms with Crippen molar-refractivity contribution in [3.8, 4) is 0 Å². The molecule has 25 heavy (non-hydrogen) atoms. The average Bonchev–Trinajstić information content (AvgIpc) is 2.59. The molecule has 2 N–H and O–H groups in total. The Morgan fingerprint density at radius 1 is 1.28 bits per heavy atom. The highest BCUT2D eigenvalue weighted by Gasteiger charge is 2.16. The first kappa shape index (κ1) is 24.5. The highest BCUT2D eigenvalue weighted by atomic mass is 35.5. The van der Waals surface area contributed by atoms with Crippen molar-refractivity contribution in [2.75, 3.05) is 31.1 Å².